The van der Waals surface area contributed by atoms with E-state index < -0.39 is 0 Å². The van der Waals surface area contributed by atoms with Crippen LogP contribution in [0.1, 0.15) is 58.3 Å². The van der Waals surface area contributed by atoms with Gasteiger partial charge in [-0.2, -0.15) is 4.98 Å². The predicted octanol–water partition coefficient (Wildman–Crippen LogP) is 5.50. The lowest BCUT2D eigenvalue weighted by Gasteiger charge is -2.35. The van der Waals surface area contributed by atoms with E-state index >= 15 is 0 Å². The number of hydrogen-bond acceptors (Lipinski definition) is 5. The van der Waals surface area contributed by atoms with E-state index in [0.29, 0.717) is 30.4 Å². The molecule has 0 radical (unpaired) electrons. The van der Waals surface area contributed by atoms with E-state index in [2.05, 4.69) is 4.98 Å². The molecule has 7 heteroatoms. The first-order chi connectivity index (χ1) is 17.1. The predicted molar refractivity (Wildman–Crippen MR) is 133 cm³/mol. The fourth-order valence-corrected chi connectivity index (χ4v) is 4.53. The lowest BCUT2D eigenvalue weighted by Crippen LogP contribution is -2.39. The van der Waals surface area contributed by atoms with E-state index in [9.17, 15) is 4.79 Å². The van der Waals surface area contributed by atoms with E-state index in [1.54, 1.807) is 12.5 Å². The van der Waals surface area contributed by atoms with Crippen LogP contribution in [0.3, 0.4) is 0 Å². The Balaban J connectivity index is 1.43. The molecule has 0 bridgehead atoms. The average molecular weight is 468 g/mol. The van der Waals surface area contributed by atoms with Crippen molar-refractivity contribution in [2.45, 2.75) is 45.7 Å². The van der Waals surface area contributed by atoms with Crippen molar-refractivity contribution in [3.8, 4) is 11.6 Å². The number of benzene rings is 2. The van der Waals surface area contributed by atoms with Gasteiger partial charge in [0.15, 0.2) is 5.82 Å². The Labute approximate surface area is 205 Å². The van der Waals surface area contributed by atoms with Crippen LogP contribution in [0.25, 0.3) is 0 Å². The van der Waals surface area contributed by atoms with Crippen LogP contribution in [-0.2, 0) is 6.54 Å². The molecular weight excluding hydrogens is 438 g/mol. The van der Waals surface area contributed by atoms with E-state index in [-0.39, 0.29) is 11.9 Å². The van der Waals surface area contributed by atoms with Gasteiger partial charge >= 0.3 is 0 Å². The van der Waals surface area contributed by atoms with Crippen molar-refractivity contribution in [2.24, 2.45) is 0 Å². The van der Waals surface area contributed by atoms with Crippen LogP contribution in [0.4, 0.5) is 0 Å². The summed E-state index contributed by atoms with van der Waals surface area (Å²) in [5.41, 5.74) is 3.66. The second-order valence-electron chi connectivity index (χ2n) is 9.02. The van der Waals surface area contributed by atoms with Crippen molar-refractivity contribution in [3.63, 3.8) is 0 Å². The van der Waals surface area contributed by atoms with Gasteiger partial charge in [0.25, 0.3) is 5.91 Å². The molecule has 0 saturated carbocycles. The number of amides is 1. The number of aryl methyl sites for hydroxylation is 2. The number of rotatable bonds is 6. The standard InChI is InChI=1S/C28H29N5O2/c1-20-10-12-23(13-11-20)35-26-17-21(2)30-27(31-26)25-9-5-6-15-33(25)28(34)24-8-4-3-7-22(24)18-32-16-14-29-19-32/h3-4,7-8,10-14,16-17,19,25H,5-6,9,15,18H2,1-2H3/t25-/m1/s1. The van der Waals surface area contributed by atoms with E-state index in [4.69, 9.17) is 14.7 Å². The summed E-state index contributed by atoms with van der Waals surface area (Å²) in [6, 6.07) is 17.3. The number of carbonyl (C=O) groups excluding carboxylic acids is 1. The molecule has 2 aromatic carbocycles. The van der Waals surface area contributed by atoms with E-state index in [1.807, 2.05) is 84.1 Å². The number of carbonyl (C=O) groups is 1. The molecule has 178 valence electrons. The molecule has 7 nitrogen and oxygen atoms in total. The van der Waals surface area contributed by atoms with Crippen molar-refractivity contribution in [3.05, 3.63) is 102 Å². The molecule has 0 unspecified atom stereocenters. The number of likely N-dealkylation sites (tertiary alicyclic amines) is 1. The maximum atomic E-state index is 13.8. The monoisotopic (exact) mass is 467 g/mol. The van der Waals surface area contributed by atoms with Crippen LogP contribution in [0.2, 0.25) is 0 Å². The normalized spacial score (nSPS) is 15.7. The van der Waals surface area contributed by atoms with Crippen molar-refractivity contribution < 1.29 is 9.53 Å². The average Bonchev–Trinajstić information content (AvgIpc) is 3.38. The molecule has 1 aliphatic rings. The maximum Gasteiger partial charge on any atom is 0.254 e. The molecule has 3 heterocycles. The molecule has 1 saturated heterocycles. The van der Waals surface area contributed by atoms with Crippen LogP contribution in [0.15, 0.2) is 73.3 Å². The summed E-state index contributed by atoms with van der Waals surface area (Å²) in [6.07, 6.45) is 8.22. The fourth-order valence-electron chi connectivity index (χ4n) is 4.53. The zero-order chi connectivity index (χ0) is 24.2. The van der Waals surface area contributed by atoms with Gasteiger partial charge in [-0.1, -0.05) is 35.9 Å². The van der Waals surface area contributed by atoms with Crippen LogP contribution in [0, 0.1) is 13.8 Å². The Morgan fingerprint density at radius 3 is 2.69 bits per heavy atom. The molecule has 1 fully saturated rings. The molecule has 0 N–H and O–H groups in total. The number of nitrogens with zero attached hydrogens (tertiary/aromatic N) is 5. The minimum atomic E-state index is -0.196. The smallest absolute Gasteiger partial charge is 0.254 e. The first-order valence-electron chi connectivity index (χ1n) is 12.0. The van der Waals surface area contributed by atoms with Crippen LogP contribution in [-0.4, -0.2) is 36.9 Å². The van der Waals surface area contributed by atoms with Crippen molar-refractivity contribution >= 4 is 5.91 Å². The van der Waals surface area contributed by atoms with Crippen LogP contribution in [0.5, 0.6) is 11.6 Å². The quantitative estimate of drug-likeness (QED) is 0.374. The summed E-state index contributed by atoms with van der Waals surface area (Å²) in [5.74, 6) is 1.86. The maximum absolute atomic E-state index is 13.8. The van der Waals surface area contributed by atoms with Gasteiger partial charge in [-0.25, -0.2) is 9.97 Å². The fraction of sp³-hybridized carbons (Fsp3) is 0.286. The molecule has 4 aromatic rings. The van der Waals surface area contributed by atoms with Gasteiger partial charge in [-0.15, -0.1) is 0 Å². The van der Waals surface area contributed by atoms with Crippen molar-refractivity contribution in [2.75, 3.05) is 6.54 Å². The third-order valence-corrected chi connectivity index (χ3v) is 6.31. The second kappa shape index (κ2) is 10.1. The second-order valence-corrected chi connectivity index (χ2v) is 9.02. The number of hydrogen-bond donors (Lipinski definition) is 0. The molecule has 35 heavy (non-hydrogen) atoms. The van der Waals surface area contributed by atoms with Gasteiger partial charge in [0.2, 0.25) is 5.88 Å². The SMILES string of the molecule is Cc1ccc(Oc2cc(C)nc([C@H]3CCCCN3C(=O)c3ccccc3Cn3ccnc3)n2)cc1. The van der Waals surface area contributed by atoms with Gasteiger partial charge < -0.3 is 14.2 Å². The summed E-state index contributed by atoms with van der Waals surface area (Å²) in [6.45, 7) is 5.24. The van der Waals surface area contributed by atoms with Gasteiger partial charge in [0, 0.05) is 42.8 Å². The number of ether oxygens (including phenoxy) is 1. The van der Waals surface area contributed by atoms with E-state index in [1.165, 1.54) is 5.56 Å². The Morgan fingerprint density at radius 1 is 1.06 bits per heavy atom. The Hall–Kier alpha value is -4.00. The third kappa shape index (κ3) is 5.24. The summed E-state index contributed by atoms with van der Waals surface area (Å²) >= 11 is 0. The number of piperidine rings is 1. The highest BCUT2D eigenvalue weighted by atomic mass is 16.5. The lowest BCUT2D eigenvalue weighted by atomic mass is 9.98. The molecule has 1 aliphatic heterocycles. The minimum Gasteiger partial charge on any atom is -0.439 e. The van der Waals surface area contributed by atoms with E-state index in [0.717, 1.165) is 36.3 Å². The van der Waals surface area contributed by atoms with Crippen LogP contribution < -0.4 is 4.74 Å². The zero-order valence-corrected chi connectivity index (χ0v) is 20.1. The highest BCUT2D eigenvalue weighted by Crippen LogP contribution is 2.32. The van der Waals surface area contributed by atoms with Gasteiger partial charge in [0.05, 0.1) is 12.4 Å². The third-order valence-electron chi connectivity index (χ3n) is 6.31. The summed E-state index contributed by atoms with van der Waals surface area (Å²) < 4.78 is 8.01. The highest BCUT2D eigenvalue weighted by molar-refractivity contribution is 5.96. The lowest BCUT2D eigenvalue weighted by molar-refractivity contribution is 0.0597. The largest absolute Gasteiger partial charge is 0.439 e. The summed E-state index contributed by atoms with van der Waals surface area (Å²) in [5, 5.41) is 0. The number of imidazole rings is 1. The Morgan fingerprint density at radius 2 is 1.89 bits per heavy atom. The first-order valence-corrected chi connectivity index (χ1v) is 12.0. The molecule has 0 spiro atoms. The van der Waals surface area contributed by atoms with Gasteiger partial charge in [-0.05, 0) is 56.9 Å². The van der Waals surface area contributed by atoms with Gasteiger partial charge in [-0.3, -0.25) is 4.79 Å². The number of aromatic nitrogens is 4. The minimum absolute atomic E-state index is 0.0107. The molecule has 1 atom stereocenters. The molecule has 5 rings (SSSR count). The van der Waals surface area contributed by atoms with Crippen LogP contribution >= 0.6 is 0 Å². The molecule has 0 aliphatic carbocycles. The Kier molecular flexibility index (Phi) is 6.57. The van der Waals surface area contributed by atoms with Crippen molar-refractivity contribution in [1.29, 1.82) is 0 Å². The molecule has 2 aromatic heterocycles. The van der Waals surface area contributed by atoms with Gasteiger partial charge in [0.1, 0.15) is 5.75 Å². The molecule has 1 amide bonds. The van der Waals surface area contributed by atoms with Crippen molar-refractivity contribution in [1.82, 2.24) is 24.4 Å². The first kappa shape index (κ1) is 22.8. The topological polar surface area (TPSA) is 73.1 Å². The summed E-state index contributed by atoms with van der Waals surface area (Å²) in [4.78, 5) is 29.4. The highest BCUT2D eigenvalue weighted by Gasteiger charge is 2.32. The summed E-state index contributed by atoms with van der Waals surface area (Å²) in [7, 11) is 0. The zero-order valence-electron chi connectivity index (χ0n) is 20.1. The molecular formula is C28H29N5O2. The Bertz CT molecular complexity index is 1300.